The molecule has 0 bridgehead atoms. The van der Waals surface area contributed by atoms with Gasteiger partial charge < -0.3 is 9.64 Å². The van der Waals surface area contributed by atoms with Crippen LogP contribution in [0, 0.1) is 0 Å². The Bertz CT molecular complexity index is 691. The smallest absolute Gasteiger partial charge is 0.253 e. The molecule has 138 valence electrons. The van der Waals surface area contributed by atoms with Gasteiger partial charge in [0.25, 0.3) is 5.91 Å². The Morgan fingerprint density at radius 3 is 2.60 bits per heavy atom. The minimum absolute atomic E-state index is 0.0586. The highest BCUT2D eigenvalue weighted by Gasteiger charge is 2.22. The SMILES string of the molecule is O=C(c1cccc(S(=O)(=O)NC[C@H]2CCCO2)c1)N1CCCCCC1. The van der Waals surface area contributed by atoms with E-state index in [-0.39, 0.29) is 23.5 Å². The summed E-state index contributed by atoms with van der Waals surface area (Å²) in [5.41, 5.74) is 0.432. The maximum atomic E-state index is 12.7. The summed E-state index contributed by atoms with van der Waals surface area (Å²) in [6, 6.07) is 6.32. The second-order valence-corrected chi connectivity index (χ2v) is 8.49. The molecular formula is C18H26N2O4S. The van der Waals surface area contributed by atoms with Crippen LogP contribution < -0.4 is 4.72 Å². The van der Waals surface area contributed by atoms with Crippen LogP contribution in [0.2, 0.25) is 0 Å². The lowest BCUT2D eigenvalue weighted by Gasteiger charge is -2.20. The zero-order valence-corrected chi connectivity index (χ0v) is 15.3. The monoisotopic (exact) mass is 366 g/mol. The van der Waals surface area contributed by atoms with Gasteiger partial charge in [0.05, 0.1) is 11.0 Å². The lowest BCUT2D eigenvalue weighted by Crippen LogP contribution is -2.33. The van der Waals surface area contributed by atoms with E-state index in [0.29, 0.717) is 12.2 Å². The minimum Gasteiger partial charge on any atom is -0.377 e. The van der Waals surface area contributed by atoms with Gasteiger partial charge in [0.15, 0.2) is 0 Å². The van der Waals surface area contributed by atoms with Crippen molar-refractivity contribution in [1.82, 2.24) is 9.62 Å². The molecule has 25 heavy (non-hydrogen) atoms. The molecule has 0 saturated carbocycles. The average molecular weight is 366 g/mol. The van der Waals surface area contributed by atoms with E-state index in [4.69, 9.17) is 4.74 Å². The average Bonchev–Trinajstić information content (AvgIpc) is 3.00. The van der Waals surface area contributed by atoms with Gasteiger partial charge in [0, 0.05) is 31.8 Å². The molecule has 1 N–H and O–H groups in total. The lowest BCUT2D eigenvalue weighted by atomic mass is 10.2. The number of rotatable bonds is 5. The molecule has 2 fully saturated rings. The summed E-state index contributed by atoms with van der Waals surface area (Å²) in [6.45, 7) is 2.44. The van der Waals surface area contributed by atoms with Gasteiger partial charge in [-0.1, -0.05) is 18.9 Å². The van der Waals surface area contributed by atoms with Crippen molar-refractivity contribution in [2.24, 2.45) is 0 Å². The first-order valence-electron chi connectivity index (χ1n) is 9.07. The van der Waals surface area contributed by atoms with Crippen LogP contribution in [-0.4, -0.2) is 51.6 Å². The number of hydrogen-bond acceptors (Lipinski definition) is 4. The van der Waals surface area contributed by atoms with Gasteiger partial charge in [0.2, 0.25) is 10.0 Å². The number of amides is 1. The number of benzene rings is 1. The van der Waals surface area contributed by atoms with Crippen molar-refractivity contribution in [3.8, 4) is 0 Å². The first-order chi connectivity index (χ1) is 12.1. The second-order valence-electron chi connectivity index (χ2n) is 6.72. The topological polar surface area (TPSA) is 75.7 Å². The summed E-state index contributed by atoms with van der Waals surface area (Å²) in [5.74, 6) is -0.0851. The summed E-state index contributed by atoms with van der Waals surface area (Å²) in [4.78, 5) is 14.7. The number of sulfonamides is 1. The number of ether oxygens (including phenoxy) is 1. The molecule has 2 heterocycles. The number of nitrogens with one attached hydrogen (secondary N) is 1. The van der Waals surface area contributed by atoms with Crippen molar-refractivity contribution in [2.75, 3.05) is 26.2 Å². The highest BCUT2D eigenvalue weighted by molar-refractivity contribution is 7.89. The molecule has 1 atom stereocenters. The standard InChI is InChI=1S/C18H26N2O4S/c21-18(20-10-3-1-2-4-11-20)15-7-5-9-17(13-15)25(22,23)19-14-16-8-6-12-24-16/h5,7,9,13,16,19H,1-4,6,8,10-12,14H2/t16-/m1/s1. The fourth-order valence-corrected chi connectivity index (χ4v) is 4.46. The Morgan fingerprint density at radius 1 is 1.16 bits per heavy atom. The fourth-order valence-electron chi connectivity index (χ4n) is 3.34. The molecule has 1 aromatic carbocycles. The van der Waals surface area contributed by atoms with Gasteiger partial charge >= 0.3 is 0 Å². The molecule has 2 aliphatic rings. The third kappa shape index (κ3) is 4.80. The highest BCUT2D eigenvalue weighted by Crippen LogP contribution is 2.17. The molecule has 2 saturated heterocycles. The van der Waals surface area contributed by atoms with Crippen LogP contribution in [-0.2, 0) is 14.8 Å². The fraction of sp³-hybridized carbons (Fsp3) is 0.611. The predicted octanol–water partition coefficient (Wildman–Crippen LogP) is 2.16. The summed E-state index contributed by atoms with van der Waals surface area (Å²) in [5, 5.41) is 0. The summed E-state index contributed by atoms with van der Waals surface area (Å²) in [6.07, 6.45) is 6.08. The van der Waals surface area contributed by atoms with E-state index >= 15 is 0 Å². The van der Waals surface area contributed by atoms with E-state index in [9.17, 15) is 13.2 Å². The first kappa shape index (κ1) is 18.4. The number of hydrogen-bond donors (Lipinski definition) is 1. The molecule has 1 aromatic rings. The number of nitrogens with zero attached hydrogens (tertiary/aromatic N) is 1. The maximum absolute atomic E-state index is 12.7. The molecule has 0 radical (unpaired) electrons. The Balaban J connectivity index is 1.70. The van der Waals surface area contributed by atoms with Crippen LogP contribution in [0.15, 0.2) is 29.2 Å². The Morgan fingerprint density at radius 2 is 1.92 bits per heavy atom. The predicted molar refractivity (Wildman–Crippen MR) is 95.0 cm³/mol. The Kier molecular flexibility index (Phi) is 6.09. The van der Waals surface area contributed by atoms with Gasteiger partial charge in [-0.15, -0.1) is 0 Å². The van der Waals surface area contributed by atoms with E-state index in [1.807, 2.05) is 4.90 Å². The van der Waals surface area contributed by atoms with Crippen LogP contribution in [0.25, 0.3) is 0 Å². The van der Waals surface area contributed by atoms with Crippen LogP contribution in [0.3, 0.4) is 0 Å². The van der Waals surface area contributed by atoms with Gasteiger partial charge in [-0.3, -0.25) is 4.79 Å². The molecule has 0 aromatic heterocycles. The molecule has 1 amide bonds. The van der Waals surface area contributed by atoms with E-state index in [1.165, 1.54) is 12.1 Å². The van der Waals surface area contributed by atoms with Crippen molar-refractivity contribution in [1.29, 1.82) is 0 Å². The molecule has 6 nitrogen and oxygen atoms in total. The summed E-state index contributed by atoms with van der Waals surface area (Å²) in [7, 11) is -3.64. The molecular weight excluding hydrogens is 340 g/mol. The first-order valence-corrected chi connectivity index (χ1v) is 10.6. The van der Waals surface area contributed by atoms with E-state index in [1.54, 1.807) is 12.1 Å². The zero-order chi connectivity index (χ0) is 17.7. The molecule has 0 unspecified atom stereocenters. The van der Waals surface area contributed by atoms with Crippen molar-refractivity contribution in [2.45, 2.75) is 49.5 Å². The third-order valence-electron chi connectivity index (χ3n) is 4.81. The van der Waals surface area contributed by atoms with Crippen LogP contribution in [0.5, 0.6) is 0 Å². The summed E-state index contributed by atoms with van der Waals surface area (Å²) >= 11 is 0. The van der Waals surface area contributed by atoms with E-state index in [2.05, 4.69) is 4.72 Å². The third-order valence-corrected chi connectivity index (χ3v) is 6.23. The van der Waals surface area contributed by atoms with Gasteiger partial charge in [0.1, 0.15) is 0 Å². The van der Waals surface area contributed by atoms with Crippen molar-refractivity contribution in [3.63, 3.8) is 0 Å². The highest BCUT2D eigenvalue weighted by atomic mass is 32.2. The molecule has 0 spiro atoms. The van der Waals surface area contributed by atoms with E-state index < -0.39 is 10.0 Å². The number of carbonyl (C=O) groups excluding carboxylic acids is 1. The minimum atomic E-state index is -3.64. The largest absolute Gasteiger partial charge is 0.377 e. The normalized spacial score (nSPS) is 21.9. The number of likely N-dealkylation sites (tertiary alicyclic amines) is 1. The van der Waals surface area contributed by atoms with Crippen molar-refractivity contribution < 1.29 is 17.9 Å². The van der Waals surface area contributed by atoms with E-state index in [0.717, 1.165) is 51.6 Å². The Hall–Kier alpha value is -1.44. The van der Waals surface area contributed by atoms with Crippen LogP contribution in [0.4, 0.5) is 0 Å². The van der Waals surface area contributed by atoms with Gasteiger partial charge in [-0.25, -0.2) is 13.1 Å². The van der Waals surface area contributed by atoms with Crippen molar-refractivity contribution >= 4 is 15.9 Å². The summed E-state index contributed by atoms with van der Waals surface area (Å²) < 4.78 is 33.1. The number of carbonyl (C=O) groups is 1. The van der Waals surface area contributed by atoms with Crippen LogP contribution in [0.1, 0.15) is 48.9 Å². The quantitative estimate of drug-likeness (QED) is 0.866. The van der Waals surface area contributed by atoms with Gasteiger partial charge in [-0.2, -0.15) is 0 Å². The maximum Gasteiger partial charge on any atom is 0.253 e. The lowest BCUT2D eigenvalue weighted by molar-refractivity contribution is 0.0761. The van der Waals surface area contributed by atoms with Crippen molar-refractivity contribution in [3.05, 3.63) is 29.8 Å². The van der Waals surface area contributed by atoms with Crippen LogP contribution >= 0.6 is 0 Å². The molecule has 2 aliphatic heterocycles. The second kappa shape index (κ2) is 8.29. The zero-order valence-electron chi connectivity index (χ0n) is 14.4. The molecule has 0 aliphatic carbocycles. The van der Waals surface area contributed by atoms with Gasteiger partial charge in [-0.05, 0) is 43.9 Å². The Labute approximate surface area is 149 Å². The molecule has 3 rings (SSSR count). The molecule has 7 heteroatoms.